The largest absolute Gasteiger partial charge is 0.375 e. The van der Waals surface area contributed by atoms with Gasteiger partial charge in [-0.15, -0.1) is 0 Å². The molecule has 3 aliphatic rings. The highest BCUT2D eigenvalue weighted by molar-refractivity contribution is 5.80. The summed E-state index contributed by atoms with van der Waals surface area (Å²) in [5.41, 5.74) is 1.71. The van der Waals surface area contributed by atoms with Gasteiger partial charge in [0.15, 0.2) is 5.96 Å². The van der Waals surface area contributed by atoms with Crippen molar-refractivity contribution in [2.75, 3.05) is 44.2 Å². The number of rotatable bonds is 4. The predicted molar refractivity (Wildman–Crippen MR) is 118 cm³/mol. The predicted octanol–water partition coefficient (Wildman–Crippen LogP) is 3.43. The summed E-state index contributed by atoms with van der Waals surface area (Å²) in [5, 5.41) is 3.52. The molecule has 3 heterocycles. The van der Waals surface area contributed by atoms with Crippen molar-refractivity contribution in [1.29, 1.82) is 0 Å². The van der Waals surface area contributed by atoms with Gasteiger partial charge >= 0.3 is 0 Å². The summed E-state index contributed by atoms with van der Waals surface area (Å²) in [5.74, 6) is 2.11. The Balaban J connectivity index is 1.38. The average Bonchev–Trinajstić information content (AvgIpc) is 3.15. The molecule has 1 saturated carbocycles. The zero-order chi connectivity index (χ0) is 20.1. The highest BCUT2D eigenvalue weighted by Gasteiger charge is 2.39. The molecule has 2 aliphatic heterocycles. The van der Waals surface area contributed by atoms with Crippen molar-refractivity contribution >= 4 is 11.8 Å². The number of nitrogens with zero attached hydrogens (tertiary/aromatic N) is 4. The fourth-order valence-electron chi connectivity index (χ4n) is 5.14. The summed E-state index contributed by atoms with van der Waals surface area (Å²) in [6, 6.07) is 4.30. The molecule has 2 saturated heterocycles. The minimum absolute atomic E-state index is 0.269. The van der Waals surface area contributed by atoms with Gasteiger partial charge in [0, 0.05) is 38.9 Å². The topological polar surface area (TPSA) is 53.0 Å². The lowest BCUT2D eigenvalue weighted by Gasteiger charge is -2.33. The van der Waals surface area contributed by atoms with Crippen molar-refractivity contribution < 1.29 is 4.74 Å². The van der Waals surface area contributed by atoms with E-state index < -0.39 is 0 Å². The Morgan fingerprint density at radius 3 is 2.83 bits per heavy atom. The van der Waals surface area contributed by atoms with Gasteiger partial charge in [0.05, 0.1) is 19.3 Å². The third-order valence-corrected chi connectivity index (χ3v) is 6.77. The number of hydrogen-bond donors (Lipinski definition) is 1. The second kappa shape index (κ2) is 9.33. The molecule has 1 aromatic heterocycles. The van der Waals surface area contributed by atoms with Crippen molar-refractivity contribution in [1.82, 2.24) is 15.2 Å². The Morgan fingerprint density at radius 1 is 1.24 bits per heavy atom. The summed E-state index contributed by atoms with van der Waals surface area (Å²) in [7, 11) is 0. The van der Waals surface area contributed by atoms with Crippen molar-refractivity contribution in [2.24, 2.45) is 10.4 Å². The fraction of sp³-hybridized carbons (Fsp3) is 0.739. The normalized spacial score (nSPS) is 24.9. The number of anilines is 1. The van der Waals surface area contributed by atoms with Gasteiger partial charge in [-0.3, -0.25) is 0 Å². The molecule has 0 bridgehead atoms. The lowest BCUT2D eigenvalue weighted by atomic mass is 9.73. The van der Waals surface area contributed by atoms with Crippen LogP contribution in [0.4, 0.5) is 5.82 Å². The third-order valence-electron chi connectivity index (χ3n) is 6.77. The van der Waals surface area contributed by atoms with E-state index >= 15 is 0 Å². The number of pyridine rings is 1. The molecule has 4 rings (SSSR count). The summed E-state index contributed by atoms with van der Waals surface area (Å²) in [6.45, 7) is 10.8. The monoisotopic (exact) mass is 399 g/mol. The number of guanidine groups is 1. The van der Waals surface area contributed by atoms with Crippen LogP contribution >= 0.6 is 0 Å². The van der Waals surface area contributed by atoms with Crippen LogP contribution in [0.3, 0.4) is 0 Å². The molecular formula is C23H37N5O. The molecule has 0 aromatic carbocycles. The van der Waals surface area contributed by atoms with Crippen molar-refractivity contribution in [2.45, 2.75) is 65.0 Å². The van der Waals surface area contributed by atoms with E-state index in [0.29, 0.717) is 12.0 Å². The Bertz CT molecular complexity index is 683. The molecule has 0 amide bonds. The van der Waals surface area contributed by atoms with E-state index in [0.717, 1.165) is 50.1 Å². The maximum absolute atomic E-state index is 5.63. The Morgan fingerprint density at radius 2 is 2.10 bits per heavy atom. The lowest BCUT2D eigenvalue weighted by Crippen LogP contribution is -2.41. The number of ether oxygens (including phenoxy) is 1. The van der Waals surface area contributed by atoms with Gasteiger partial charge in [-0.05, 0) is 50.2 Å². The molecule has 1 N–H and O–H groups in total. The number of aliphatic imine (C=N–C) groups is 1. The van der Waals surface area contributed by atoms with E-state index in [4.69, 9.17) is 14.7 Å². The van der Waals surface area contributed by atoms with Gasteiger partial charge in [0.25, 0.3) is 0 Å². The van der Waals surface area contributed by atoms with E-state index in [1.54, 1.807) is 0 Å². The number of likely N-dealkylation sites (tertiary alicyclic amines) is 1. The smallest absolute Gasteiger partial charge is 0.194 e. The molecule has 1 spiro atoms. The van der Waals surface area contributed by atoms with E-state index in [-0.39, 0.29) is 6.10 Å². The van der Waals surface area contributed by atoms with Crippen LogP contribution in [-0.2, 0) is 11.3 Å². The minimum Gasteiger partial charge on any atom is -0.375 e. The van der Waals surface area contributed by atoms with Gasteiger partial charge in [0.2, 0.25) is 0 Å². The van der Waals surface area contributed by atoms with Crippen LogP contribution in [0.1, 0.15) is 57.9 Å². The van der Waals surface area contributed by atoms with Gasteiger partial charge in [-0.1, -0.05) is 25.3 Å². The first-order chi connectivity index (χ1) is 14.2. The maximum Gasteiger partial charge on any atom is 0.194 e. The Labute approximate surface area is 175 Å². The molecule has 1 atom stereocenters. The summed E-state index contributed by atoms with van der Waals surface area (Å²) in [4.78, 5) is 14.4. The number of aromatic nitrogens is 1. The van der Waals surface area contributed by atoms with E-state index in [9.17, 15) is 0 Å². The number of morpholine rings is 1. The summed E-state index contributed by atoms with van der Waals surface area (Å²) >= 11 is 0. The standard InChI is InChI=1S/C23H37N5O/c1-3-24-22(28-12-11-23(18-28)9-5-4-6-10-23)26-16-20-7-8-21(25-15-20)27-13-14-29-19(2)17-27/h7-8,15,19H,3-6,9-14,16-18H2,1-2H3,(H,24,26). The highest BCUT2D eigenvalue weighted by atomic mass is 16.5. The molecule has 29 heavy (non-hydrogen) atoms. The number of nitrogens with one attached hydrogen (secondary N) is 1. The van der Waals surface area contributed by atoms with Gasteiger partial charge < -0.3 is 19.9 Å². The molecule has 6 nitrogen and oxygen atoms in total. The molecule has 3 fully saturated rings. The Hall–Kier alpha value is -1.82. The molecular weight excluding hydrogens is 362 g/mol. The van der Waals surface area contributed by atoms with Gasteiger partial charge in [-0.2, -0.15) is 0 Å². The van der Waals surface area contributed by atoms with Crippen LogP contribution in [0.25, 0.3) is 0 Å². The van der Waals surface area contributed by atoms with Crippen LogP contribution in [0.5, 0.6) is 0 Å². The van der Waals surface area contributed by atoms with E-state index in [1.807, 2.05) is 6.20 Å². The minimum atomic E-state index is 0.269. The van der Waals surface area contributed by atoms with Crippen LogP contribution < -0.4 is 10.2 Å². The molecule has 1 aromatic rings. The van der Waals surface area contributed by atoms with Crippen LogP contribution in [0, 0.1) is 5.41 Å². The number of hydrogen-bond acceptors (Lipinski definition) is 4. The molecule has 1 aliphatic carbocycles. The first kappa shape index (κ1) is 20.5. The SMILES string of the molecule is CCNC(=NCc1ccc(N2CCOC(C)C2)nc1)N1CCC2(CCCCC2)C1. The molecule has 1 unspecified atom stereocenters. The summed E-state index contributed by atoms with van der Waals surface area (Å²) in [6.07, 6.45) is 10.6. The van der Waals surface area contributed by atoms with Crippen LogP contribution in [-0.4, -0.2) is 61.3 Å². The highest BCUT2D eigenvalue weighted by Crippen LogP contribution is 2.43. The van der Waals surface area contributed by atoms with Gasteiger partial charge in [-0.25, -0.2) is 9.98 Å². The van der Waals surface area contributed by atoms with Crippen LogP contribution in [0.15, 0.2) is 23.3 Å². The lowest BCUT2D eigenvalue weighted by molar-refractivity contribution is 0.0529. The fourth-order valence-corrected chi connectivity index (χ4v) is 5.14. The summed E-state index contributed by atoms with van der Waals surface area (Å²) < 4.78 is 5.63. The van der Waals surface area contributed by atoms with Crippen LogP contribution in [0.2, 0.25) is 0 Å². The quantitative estimate of drug-likeness (QED) is 0.621. The van der Waals surface area contributed by atoms with Gasteiger partial charge in [0.1, 0.15) is 5.82 Å². The zero-order valence-corrected chi connectivity index (χ0v) is 18.2. The molecule has 0 radical (unpaired) electrons. The Kier molecular flexibility index (Phi) is 6.58. The molecule has 6 heteroatoms. The van der Waals surface area contributed by atoms with Crippen molar-refractivity contribution in [3.8, 4) is 0 Å². The first-order valence-electron chi connectivity index (χ1n) is 11.5. The van der Waals surface area contributed by atoms with Crippen molar-refractivity contribution in [3.05, 3.63) is 23.9 Å². The van der Waals surface area contributed by atoms with Crippen molar-refractivity contribution in [3.63, 3.8) is 0 Å². The zero-order valence-electron chi connectivity index (χ0n) is 18.2. The maximum atomic E-state index is 5.63. The second-order valence-electron chi connectivity index (χ2n) is 9.05. The van der Waals surface area contributed by atoms with E-state index in [1.165, 1.54) is 45.1 Å². The van der Waals surface area contributed by atoms with E-state index in [2.05, 4.69) is 41.1 Å². The second-order valence-corrected chi connectivity index (χ2v) is 9.05. The first-order valence-corrected chi connectivity index (χ1v) is 11.5. The third kappa shape index (κ3) is 5.03. The average molecular weight is 400 g/mol. The molecule has 160 valence electrons.